The van der Waals surface area contributed by atoms with Crippen LogP contribution in [0.1, 0.15) is 41.4 Å². The molecule has 0 aliphatic rings. The number of nitrogens with one attached hydrogen (secondary N) is 1. The molecule has 0 saturated carbocycles. The lowest BCUT2D eigenvalue weighted by atomic mass is 9.94. The summed E-state index contributed by atoms with van der Waals surface area (Å²) in [5, 5.41) is 16.4. The summed E-state index contributed by atoms with van der Waals surface area (Å²) in [6, 6.07) is 0. The topological polar surface area (TPSA) is 78.9 Å². The predicted octanol–water partition coefficient (Wildman–Crippen LogP) is 2.09. The van der Waals surface area contributed by atoms with Crippen LogP contribution in [0.5, 0.6) is 0 Å². The van der Waals surface area contributed by atoms with Crippen LogP contribution < -0.4 is 0 Å². The molecule has 5 heteroatoms. The van der Waals surface area contributed by atoms with Crippen molar-refractivity contribution in [3.63, 3.8) is 0 Å². The highest BCUT2D eigenvalue weighted by molar-refractivity contribution is 6.03. The lowest BCUT2D eigenvalue weighted by Gasteiger charge is -2.13. The summed E-state index contributed by atoms with van der Waals surface area (Å²) in [6.07, 6.45) is 1.51. The monoisotopic (exact) mass is 219 g/mol. The highest BCUT2D eigenvalue weighted by Gasteiger charge is 2.21. The molecule has 2 aromatic heterocycles. The summed E-state index contributed by atoms with van der Waals surface area (Å²) in [5.41, 5.74) is 2.36. The van der Waals surface area contributed by atoms with Gasteiger partial charge < -0.3 is 5.11 Å². The van der Waals surface area contributed by atoms with Crippen LogP contribution in [0.2, 0.25) is 0 Å². The van der Waals surface area contributed by atoms with Gasteiger partial charge in [-0.2, -0.15) is 5.10 Å². The summed E-state index contributed by atoms with van der Waals surface area (Å²) < 4.78 is 0. The second-order valence-corrected chi connectivity index (χ2v) is 4.08. The molecule has 0 saturated heterocycles. The number of aromatic nitrogens is 3. The molecule has 0 bridgehead atoms. The fourth-order valence-electron chi connectivity index (χ4n) is 2.04. The van der Waals surface area contributed by atoms with Crippen molar-refractivity contribution in [1.29, 1.82) is 0 Å². The largest absolute Gasteiger partial charge is 0.478 e. The van der Waals surface area contributed by atoms with E-state index in [2.05, 4.69) is 15.2 Å². The number of fused-ring (bicyclic) bond motifs is 1. The molecule has 0 radical (unpaired) electrons. The van der Waals surface area contributed by atoms with Gasteiger partial charge in [0.25, 0.3) is 0 Å². The van der Waals surface area contributed by atoms with E-state index in [4.69, 9.17) is 0 Å². The summed E-state index contributed by atoms with van der Waals surface area (Å²) in [6.45, 7) is 5.74. The van der Waals surface area contributed by atoms with Crippen molar-refractivity contribution >= 4 is 17.0 Å². The van der Waals surface area contributed by atoms with E-state index in [9.17, 15) is 9.90 Å². The Kier molecular flexibility index (Phi) is 2.38. The molecule has 2 aromatic rings. The number of carbonyl (C=O) groups is 1. The van der Waals surface area contributed by atoms with E-state index in [0.29, 0.717) is 16.6 Å². The van der Waals surface area contributed by atoms with Crippen LogP contribution in [-0.4, -0.2) is 26.3 Å². The molecule has 2 rings (SSSR count). The van der Waals surface area contributed by atoms with E-state index in [1.165, 1.54) is 6.20 Å². The lowest BCUT2D eigenvalue weighted by molar-refractivity contribution is 0.0697. The Labute approximate surface area is 92.5 Å². The van der Waals surface area contributed by atoms with E-state index in [-0.39, 0.29) is 5.92 Å². The zero-order valence-electron chi connectivity index (χ0n) is 9.40. The molecule has 0 aliphatic carbocycles. The van der Waals surface area contributed by atoms with Crippen LogP contribution in [-0.2, 0) is 0 Å². The second kappa shape index (κ2) is 3.59. The average Bonchev–Trinajstić information content (AvgIpc) is 2.61. The fraction of sp³-hybridized carbons (Fsp3) is 0.364. The van der Waals surface area contributed by atoms with Crippen molar-refractivity contribution in [2.45, 2.75) is 26.7 Å². The van der Waals surface area contributed by atoms with Crippen molar-refractivity contribution in [1.82, 2.24) is 15.2 Å². The molecular weight excluding hydrogens is 206 g/mol. The third kappa shape index (κ3) is 1.44. The average molecular weight is 219 g/mol. The maximum absolute atomic E-state index is 11.3. The minimum Gasteiger partial charge on any atom is -0.478 e. The molecule has 2 N–H and O–H groups in total. The Morgan fingerprint density at radius 1 is 1.50 bits per heavy atom. The molecule has 5 nitrogen and oxygen atoms in total. The number of hydrogen-bond donors (Lipinski definition) is 2. The predicted molar refractivity (Wildman–Crippen MR) is 59.7 cm³/mol. The van der Waals surface area contributed by atoms with E-state index in [0.717, 1.165) is 11.3 Å². The molecule has 2 heterocycles. The van der Waals surface area contributed by atoms with Gasteiger partial charge in [-0.3, -0.25) is 5.10 Å². The van der Waals surface area contributed by atoms with E-state index in [1.54, 1.807) is 0 Å². The summed E-state index contributed by atoms with van der Waals surface area (Å²) in [4.78, 5) is 15.6. The normalized spacial score (nSPS) is 11.2. The molecule has 0 fully saturated rings. The lowest BCUT2D eigenvalue weighted by Crippen LogP contribution is -2.08. The zero-order chi connectivity index (χ0) is 11.9. The summed E-state index contributed by atoms with van der Waals surface area (Å²) in [7, 11) is 0. The van der Waals surface area contributed by atoms with E-state index < -0.39 is 5.97 Å². The third-order valence-corrected chi connectivity index (χ3v) is 2.62. The van der Waals surface area contributed by atoms with Crippen LogP contribution in [0.15, 0.2) is 6.20 Å². The van der Waals surface area contributed by atoms with Crippen molar-refractivity contribution in [3.8, 4) is 0 Å². The molecule has 0 amide bonds. The van der Waals surface area contributed by atoms with Gasteiger partial charge in [0.15, 0.2) is 5.65 Å². The maximum Gasteiger partial charge on any atom is 0.336 e. The zero-order valence-corrected chi connectivity index (χ0v) is 9.40. The second-order valence-electron chi connectivity index (χ2n) is 4.08. The number of aromatic amines is 1. The van der Waals surface area contributed by atoms with Crippen LogP contribution in [0.25, 0.3) is 11.0 Å². The van der Waals surface area contributed by atoms with Gasteiger partial charge in [-0.1, -0.05) is 13.8 Å². The molecular formula is C11H13N3O2. The van der Waals surface area contributed by atoms with Gasteiger partial charge in [0, 0.05) is 5.69 Å². The van der Waals surface area contributed by atoms with Crippen molar-refractivity contribution in [2.24, 2.45) is 0 Å². The quantitative estimate of drug-likeness (QED) is 0.810. The minimum atomic E-state index is -0.930. The number of hydrogen-bond acceptors (Lipinski definition) is 3. The molecule has 0 aliphatic heterocycles. The Morgan fingerprint density at radius 2 is 2.19 bits per heavy atom. The summed E-state index contributed by atoms with van der Waals surface area (Å²) in [5.74, 6) is -0.807. The van der Waals surface area contributed by atoms with Gasteiger partial charge in [0.05, 0.1) is 17.1 Å². The molecule has 0 spiro atoms. The first-order chi connectivity index (χ1) is 7.52. The maximum atomic E-state index is 11.3. The third-order valence-electron chi connectivity index (χ3n) is 2.62. The Bertz CT molecular complexity index is 558. The van der Waals surface area contributed by atoms with Gasteiger partial charge in [-0.15, -0.1) is 0 Å². The number of carboxylic acid groups (broad SMARTS) is 1. The first kappa shape index (κ1) is 10.6. The Hall–Kier alpha value is -1.91. The van der Waals surface area contributed by atoms with Gasteiger partial charge in [-0.25, -0.2) is 9.78 Å². The highest BCUT2D eigenvalue weighted by Crippen LogP contribution is 2.27. The number of nitrogens with zero attached hydrogens (tertiary/aromatic N) is 2. The standard InChI is InChI=1S/C11H13N3O2/c1-5(2)8-6(3)13-10-7(4-12-14-10)9(8)11(15)16/h4-5H,1-3H3,(H,15,16)(H,12,13,14). The number of carboxylic acids is 1. The first-order valence-electron chi connectivity index (χ1n) is 5.09. The van der Waals surface area contributed by atoms with Gasteiger partial charge in [-0.05, 0) is 18.4 Å². The smallest absolute Gasteiger partial charge is 0.336 e. The Balaban J connectivity index is 2.90. The van der Waals surface area contributed by atoms with Gasteiger partial charge >= 0.3 is 5.97 Å². The number of pyridine rings is 1. The van der Waals surface area contributed by atoms with Gasteiger partial charge in [0.2, 0.25) is 0 Å². The molecule has 0 unspecified atom stereocenters. The molecule has 0 atom stereocenters. The molecule has 16 heavy (non-hydrogen) atoms. The number of aryl methyl sites for hydroxylation is 1. The van der Waals surface area contributed by atoms with Gasteiger partial charge in [0.1, 0.15) is 0 Å². The number of H-pyrrole nitrogens is 1. The molecule has 84 valence electrons. The van der Waals surface area contributed by atoms with Crippen molar-refractivity contribution in [3.05, 3.63) is 23.0 Å². The van der Waals surface area contributed by atoms with Crippen LogP contribution in [0.4, 0.5) is 0 Å². The van der Waals surface area contributed by atoms with Crippen LogP contribution >= 0.6 is 0 Å². The van der Waals surface area contributed by atoms with Crippen molar-refractivity contribution in [2.75, 3.05) is 0 Å². The number of aromatic carboxylic acids is 1. The highest BCUT2D eigenvalue weighted by atomic mass is 16.4. The van der Waals surface area contributed by atoms with Crippen LogP contribution in [0.3, 0.4) is 0 Å². The summed E-state index contributed by atoms with van der Waals surface area (Å²) >= 11 is 0. The number of rotatable bonds is 2. The molecule has 0 aromatic carbocycles. The first-order valence-corrected chi connectivity index (χ1v) is 5.09. The van der Waals surface area contributed by atoms with E-state index >= 15 is 0 Å². The van der Waals surface area contributed by atoms with E-state index in [1.807, 2.05) is 20.8 Å². The van der Waals surface area contributed by atoms with Crippen LogP contribution in [0, 0.1) is 6.92 Å². The fourth-order valence-corrected chi connectivity index (χ4v) is 2.04. The van der Waals surface area contributed by atoms with Crippen molar-refractivity contribution < 1.29 is 9.90 Å². The Morgan fingerprint density at radius 3 is 2.75 bits per heavy atom. The minimum absolute atomic E-state index is 0.123. The SMILES string of the molecule is Cc1nc2[nH]ncc2c(C(=O)O)c1C(C)C.